The van der Waals surface area contributed by atoms with Crippen LogP contribution in [0.1, 0.15) is 71.1 Å². The quantitative estimate of drug-likeness (QED) is 0.245. The van der Waals surface area contributed by atoms with Crippen LogP contribution in [-0.2, 0) is 14.9 Å². The van der Waals surface area contributed by atoms with Gasteiger partial charge in [-0.3, -0.25) is 4.79 Å². The maximum atomic E-state index is 11.5. The van der Waals surface area contributed by atoms with Crippen LogP contribution in [0.2, 0.25) is 0 Å². The summed E-state index contributed by atoms with van der Waals surface area (Å²) in [6.45, 7) is 2.42. The van der Waals surface area contributed by atoms with Crippen molar-refractivity contribution in [1.29, 1.82) is 0 Å². The molecule has 0 aliphatic rings. The second kappa shape index (κ2) is 17.0. The largest absolute Gasteiger partial charge is 1.00 e. The van der Waals surface area contributed by atoms with Crippen LogP contribution in [0.15, 0.2) is 0 Å². The molecule has 0 atom stereocenters. The van der Waals surface area contributed by atoms with Crippen LogP contribution in [0.4, 0.5) is 0 Å². The number of Topliss-reactive ketones (excluding diaryl/α,β-unsaturated/α-hetero) is 1. The third-order valence-electron chi connectivity index (χ3n) is 3.41. The number of carbonyl (C=O) groups excluding carboxylic acids is 1. The molecule has 126 valence electrons. The Morgan fingerprint density at radius 1 is 0.955 bits per heavy atom. The van der Waals surface area contributed by atoms with Crippen molar-refractivity contribution in [3.63, 3.8) is 0 Å². The molecule has 0 amide bonds. The molecule has 0 unspecified atom stereocenters. The first kappa shape index (κ1) is 25.4. The van der Waals surface area contributed by atoms with Crippen molar-refractivity contribution in [3.05, 3.63) is 0 Å². The minimum Gasteiger partial charge on any atom is -0.748 e. The standard InChI is InChI=1S/C15H31NO4S.K/c1-2-3-4-5-6-7-8-9-10-11-15(17)14-16-12-13-21(18,19)20;/h16H,2-14H2,1H3,(H,18,19,20);/q;+1/p-1. The average Bonchev–Trinajstić information content (AvgIpc) is 2.41. The number of unbranched alkanes of at least 4 members (excludes halogenated alkanes) is 8. The summed E-state index contributed by atoms with van der Waals surface area (Å²) in [5, 5.41) is 2.69. The molecule has 1 N–H and O–H groups in total. The number of hydrogen-bond donors (Lipinski definition) is 1. The summed E-state index contributed by atoms with van der Waals surface area (Å²) in [5.41, 5.74) is 0. The Morgan fingerprint density at radius 2 is 1.45 bits per heavy atom. The molecule has 0 radical (unpaired) electrons. The van der Waals surface area contributed by atoms with E-state index < -0.39 is 15.9 Å². The Labute approximate surface area is 178 Å². The maximum absolute atomic E-state index is 11.5. The zero-order valence-corrected chi connectivity index (χ0v) is 18.2. The summed E-state index contributed by atoms with van der Waals surface area (Å²) in [5.74, 6) is -0.376. The van der Waals surface area contributed by atoms with Crippen LogP contribution in [0.25, 0.3) is 0 Å². The van der Waals surface area contributed by atoms with Gasteiger partial charge in [-0.05, 0) is 6.42 Å². The summed E-state index contributed by atoms with van der Waals surface area (Å²) >= 11 is 0. The molecule has 0 aromatic rings. The number of hydrogen-bond acceptors (Lipinski definition) is 5. The van der Waals surface area contributed by atoms with Crippen LogP contribution in [0.5, 0.6) is 0 Å². The first-order chi connectivity index (χ1) is 9.95. The summed E-state index contributed by atoms with van der Waals surface area (Å²) in [4.78, 5) is 11.5. The molecule has 0 fully saturated rings. The van der Waals surface area contributed by atoms with Crippen molar-refractivity contribution >= 4 is 15.9 Å². The molecule has 7 heteroatoms. The van der Waals surface area contributed by atoms with Gasteiger partial charge in [-0.1, -0.05) is 58.3 Å². The third kappa shape index (κ3) is 21.2. The Balaban J connectivity index is 0. The molecule has 0 aromatic heterocycles. The molecule has 22 heavy (non-hydrogen) atoms. The molecule has 0 aliphatic carbocycles. The molecule has 0 saturated carbocycles. The first-order valence-electron chi connectivity index (χ1n) is 8.11. The third-order valence-corrected chi connectivity index (χ3v) is 4.11. The van der Waals surface area contributed by atoms with Gasteiger partial charge >= 0.3 is 51.4 Å². The van der Waals surface area contributed by atoms with Gasteiger partial charge < -0.3 is 9.87 Å². The maximum Gasteiger partial charge on any atom is 1.00 e. The van der Waals surface area contributed by atoms with E-state index in [0.29, 0.717) is 6.42 Å². The number of nitrogens with one attached hydrogen (secondary N) is 1. The number of rotatable bonds is 15. The second-order valence-electron chi connectivity index (χ2n) is 5.56. The van der Waals surface area contributed by atoms with Gasteiger partial charge in [-0.2, -0.15) is 0 Å². The zero-order chi connectivity index (χ0) is 16.0. The van der Waals surface area contributed by atoms with E-state index in [0.717, 1.165) is 12.8 Å². The van der Waals surface area contributed by atoms with Crippen molar-refractivity contribution in [2.75, 3.05) is 18.8 Å². The van der Waals surface area contributed by atoms with Crippen molar-refractivity contribution in [2.24, 2.45) is 0 Å². The van der Waals surface area contributed by atoms with Crippen molar-refractivity contribution in [3.8, 4) is 0 Å². The minimum absolute atomic E-state index is 0. The SMILES string of the molecule is CCCCCCCCCCCC(=O)CNCCS(=O)(=O)[O-].[K+]. The summed E-state index contributed by atoms with van der Waals surface area (Å²) < 4.78 is 31.1. The topological polar surface area (TPSA) is 86.3 Å². The van der Waals surface area contributed by atoms with E-state index in [9.17, 15) is 17.8 Å². The van der Waals surface area contributed by atoms with E-state index in [2.05, 4.69) is 12.2 Å². The molecular formula is C15H30KNO4S. The fourth-order valence-corrected chi connectivity index (χ4v) is 2.54. The monoisotopic (exact) mass is 359 g/mol. The van der Waals surface area contributed by atoms with E-state index in [-0.39, 0.29) is 70.3 Å². The fourth-order valence-electron chi connectivity index (χ4n) is 2.15. The predicted molar refractivity (Wildman–Crippen MR) is 84.3 cm³/mol. The molecule has 5 nitrogen and oxygen atoms in total. The second-order valence-corrected chi connectivity index (χ2v) is 7.08. The van der Waals surface area contributed by atoms with Crippen LogP contribution in [0.3, 0.4) is 0 Å². The molecule has 0 saturated heterocycles. The van der Waals surface area contributed by atoms with Gasteiger partial charge in [0.05, 0.1) is 22.4 Å². The van der Waals surface area contributed by atoms with E-state index in [1.165, 1.54) is 44.9 Å². The van der Waals surface area contributed by atoms with E-state index in [1.807, 2.05) is 0 Å². The Morgan fingerprint density at radius 3 is 1.95 bits per heavy atom. The number of carbonyl (C=O) groups is 1. The van der Waals surface area contributed by atoms with E-state index in [4.69, 9.17) is 0 Å². The molecule has 0 rings (SSSR count). The zero-order valence-electron chi connectivity index (χ0n) is 14.2. The molecular weight excluding hydrogens is 329 g/mol. The van der Waals surface area contributed by atoms with Gasteiger partial charge in [0.15, 0.2) is 0 Å². The van der Waals surface area contributed by atoms with Crippen LogP contribution in [0, 0.1) is 0 Å². The minimum atomic E-state index is -4.18. The molecule has 0 bridgehead atoms. The van der Waals surface area contributed by atoms with E-state index in [1.54, 1.807) is 0 Å². The van der Waals surface area contributed by atoms with Crippen molar-refractivity contribution in [2.45, 2.75) is 71.1 Å². The summed E-state index contributed by atoms with van der Waals surface area (Å²) in [6.07, 6.45) is 11.5. The number of ketones is 1. The Hall–Kier alpha value is 1.18. The predicted octanol–water partition coefficient (Wildman–Crippen LogP) is -0.385. The van der Waals surface area contributed by atoms with Crippen LogP contribution in [-0.4, -0.2) is 37.6 Å². The normalized spacial score (nSPS) is 11.2. The Bertz CT molecular complexity index is 361. The average molecular weight is 360 g/mol. The van der Waals surface area contributed by atoms with Crippen LogP contribution >= 0.6 is 0 Å². The van der Waals surface area contributed by atoms with Crippen molar-refractivity contribution < 1.29 is 69.1 Å². The molecule has 0 aromatic carbocycles. The molecule has 0 spiro atoms. The van der Waals surface area contributed by atoms with Gasteiger partial charge in [0.1, 0.15) is 5.78 Å². The Kier molecular flexibility index (Phi) is 19.7. The fraction of sp³-hybridized carbons (Fsp3) is 0.933. The summed E-state index contributed by atoms with van der Waals surface area (Å²) in [7, 11) is -4.18. The van der Waals surface area contributed by atoms with E-state index >= 15 is 0 Å². The van der Waals surface area contributed by atoms with Gasteiger partial charge in [-0.15, -0.1) is 0 Å². The molecule has 0 aliphatic heterocycles. The molecule has 0 heterocycles. The summed E-state index contributed by atoms with van der Waals surface area (Å²) in [6, 6.07) is 0. The van der Waals surface area contributed by atoms with Gasteiger partial charge in [0.2, 0.25) is 0 Å². The van der Waals surface area contributed by atoms with Gasteiger partial charge in [0, 0.05) is 13.0 Å². The van der Waals surface area contributed by atoms with Gasteiger partial charge in [-0.25, -0.2) is 8.42 Å². The van der Waals surface area contributed by atoms with Crippen molar-refractivity contribution in [1.82, 2.24) is 5.32 Å². The smallest absolute Gasteiger partial charge is 0.748 e. The first-order valence-corrected chi connectivity index (χ1v) is 9.69. The van der Waals surface area contributed by atoms with Gasteiger partial charge in [0.25, 0.3) is 0 Å². The van der Waals surface area contributed by atoms with Crippen LogP contribution < -0.4 is 56.7 Å².